The molecule has 0 fully saturated rings. The Morgan fingerprint density at radius 3 is 2.45 bits per heavy atom. The molecule has 0 saturated carbocycles. The van der Waals surface area contributed by atoms with Crippen LogP contribution in [0.5, 0.6) is 0 Å². The lowest BCUT2D eigenvalue weighted by Gasteiger charge is -2.23. The van der Waals surface area contributed by atoms with E-state index in [0.29, 0.717) is 27.6 Å². The Hall–Kier alpha value is -3.26. The largest absolute Gasteiger partial charge is 0.440 e. The molecule has 33 heavy (non-hydrogen) atoms. The Morgan fingerprint density at radius 1 is 1.12 bits per heavy atom. The number of aromatic nitrogens is 2. The topological polar surface area (TPSA) is 50.8 Å². The van der Waals surface area contributed by atoms with Crippen molar-refractivity contribution in [3.8, 4) is 11.3 Å². The second-order valence-corrected chi connectivity index (χ2v) is 8.34. The van der Waals surface area contributed by atoms with Crippen LogP contribution in [-0.4, -0.2) is 33.1 Å². The van der Waals surface area contributed by atoms with Crippen molar-refractivity contribution in [2.45, 2.75) is 33.5 Å². The maximum atomic E-state index is 13.4. The van der Waals surface area contributed by atoms with Crippen molar-refractivity contribution in [2.24, 2.45) is 0 Å². The van der Waals surface area contributed by atoms with Crippen molar-refractivity contribution in [3.05, 3.63) is 81.7 Å². The minimum Gasteiger partial charge on any atom is -0.440 e. The first-order chi connectivity index (χ1) is 15.5. The number of halogens is 4. The number of hydrogen-bond acceptors (Lipinski definition) is 3. The van der Waals surface area contributed by atoms with Gasteiger partial charge in [-0.2, -0.15) is 22.8 Å². The molecule has 0 aliphatic carbocycles. The zero-order chi connectivity index (χ0) is 23.9. The van der Waals surface area contributed by atoms with Gasteiger partial charge < -0.3 is 9.32 Å². The molecule has 0 aliphatic heterocycles. The van der Waals surface area contributed by atoms with Gasteiger partial charge in [-0.1, -0.05) is 54.1 Å². The van der Waals surface area contributed by atoms with Crippen molar-refractivity contribution in [2.75, 3.05) is 6.54 Å². The molecular weight excluding hydrogens is 455 g/mol. The van der Waals surface area contributed by atoms with E-state index in [-0.39, 0.29) is 23.5 Å². The number of amides is 1. The van der Waals surface area contributed by atoms with Crippen molar-refractivity contribution in [3.63, 3.8) is 0 Å². The molecule has 5 nitrogen and oxygen atoms in total. The van der Waals surface area contributed by atoms with Crippen molar-refractivity contribution in [1.82, 2.24) is 14.5 Å². The van der Waals surface area contributed by atoms with Crippen molar-refractivity contribution >= 4 is 23.2 Å². The zero-order valence-corrected chi connectivity index (χ0v) is 19.0. The molecule has 0 spiro atoms. The number of benzene rings is 2. The van der Waals surface area contributed by atoms with E-state index in [1.807, 2.05) is 19.1 Å². The van der Waals surface area contributed by atoms with Crippen LogP contribution in [0.2, 0.25) is 5.02 Å². The van der Waals surface area contributed by atoms with Gasteiger partial charge >= 0.3 is 6.18 Å². The summed E-state index contributed by atoms with van der Waals surface area (Å²) in [6.07, 6.45) is -4.57. The van der Waals surface area contributed by atoms with Crippen LogP contribution in [0.25, 0.3) is 17.0 Å². The van der Waals surface area contributed by atoms with Crippen LogP contribution in [0, 0.1) is 20.8 Å². The van der Waals surface area contributed by atoms with E-state index in [1.54, 1.807) is 50.2 Å². The van der Waals surface area contributed by atoms with Crippen LogP contribution in [0.4, 0.5) is 13.2 Å². The SMILES string of the molecule is Cc1ccc(-c2c(C)oc3c(C(=O)N(Cc4ccccc4)CC(F)(F)F)c(C)nn23)c(Cl)c1. The Bertz CT molecular complexity index is 1330. The number of oxazole rings is 1. The number of aryl methyl sites for hydroxylation is 3. The number of carbonyl (C=O) groups is 1. The number of nitrogens with zero attached hydrogens (tertiary/aromatic N) is 3. The molecule has 0 bridgehead atoms. The maximum absolute atomic E-state index is 13.4. The lowest BCUT2D eigenvalue weighted by atomic mass is 10.1. The smallest absolute Gasteiger partial charge is 0.406 e. The fraction of sp³-hybridized carbons (Fsp3) is 0.250. The Labute approximate surface area is 193 Å². The summed E-state index contributed by atoms with van der Waals surface area (Å²) in [6, 6.07) is 14.0. The average molecular weight is 476 g/mol. The molecule has 9 heteroatoms. The predicted octanol–water partition coefficient (Wildman–Crippen LogP) is 6.38. The highest BCUT2D eigenvalue weighted by Crippen LogP contribution is 2.35. The fourth-order valence-corrected chi connectivity index (χ4v) is 4.16. The molecule has 172 valence electrons. The van der Waals surface area contributed by atoms with Gasteiger partial charge in [0.05, 0.1) is 10.7 Å². The summed E-state index contributed by atoms with van der Waals surface area (Å²) in [6.45, 7) is 3.57. The van der Waals surface area contributed by atoms with Crippen LogP contribution in [-0.2, 0) is 6.54 Å². The van der Waals surface area contributed by atoms with Gasteiger partial charge in [-0.25, -0.2) is 0 Å². The molecule has 2 heterocycles. The zero-order valence-electron chi connectivity index (χ0n) is 18.2. The Kier molecular flexibility index (Phi) is 5.97. The predicted molar refractivity (Wildman–Crippen MR) is 119 cm³/mol. The molecule has 0 aliphatic rings. The first-order valence-corrected chi connectivity index (χ1v) is 10.6. The van der Waals surface area contributed by atoms with E-state index in [9.17, 15) is 18.0 Å². The van der Waals surface area contributed by atoms with Gasteiger partial charge in [0.25, 0.3) is 5.91 Å². The highest BCUT2D eigenvalue weighted by molar-refractivity contribution is 6.33. The second-order valence-electron chi connectivity index (χ2n) is 7.93. The average Bonchev–Trinajstić information content (AvgIpc) is 3.20. The fourth-order valence-electron chi connectivity index (χ4n) is 3.83. The standard InChI is InChI=1S/C24H21ClF3N3O2/c1-14-9-10-18(19(25)11-14)21-16(3)33-23-20(15(2)29-31(21)23)22(32)30(13-24(26,27)28)12-17-7-5-4-6-8-17/h4-11H,12-13H2,1-3H3. The molecular formula is C24H21ClF3N3O2. The summed E-state index contributed by atoms with van der Waals surface area (Å²) in [5.74, 6) is -0.360. The minimum absolute atomic E-state index is 0.00670. The first kappa shape index (κ1) is 22.9. The van der Waals surface area contributed by atoms with Crippen LogP contribution in [0.3, 0.4) is 0 Å². The Morgan fingerprint density at radius 2 is 1.82 bits per heavy atom. The van der Waals surface area contributed by atoms with Crippen LogP contribution >= 0.6 is 11.6 Å². The van der Waals surface area contributed by atoms with Crippen LogP contribution in [0.1, 0.15) is 32.9 Å². The molecule has 0 atom stereocenters. The highest BCUT2D eigenvalue weighted by Gasteiger charge is 2.36. The van der Waals surface area contributed by atoms with E-state index in [0.717, 1.165) is 10.5 Å². The lowest BCUT2D eigenvalue weighted by Crippen LogP contribution is -2.38. The van der Waals surface area contributed by atoms with Gasteiger partial charge in [0.15, 0.2) is 0 Å². The molecule has 2 aromatic carbocycles. The molecule has 0 radical (unpaired) electrons. The summed E-state index contributed by atoms with van der Waals surface area (Å²) < 4.78 is 47.3. The molecule has 4 rings (SSSR count). The number of alkyl halides is 3. The van der Waals surface area contributed by atoms with Gasteiger partial charge in [-0.05, 0) is 38.0 Å². The Balaban J connectivity index is 1.80. The normalized spacial score (nSPS) is 11.8. The van der Waals surface area contributed by atoms with Crippen molar-refractivity contribution in [1.29, 1.82) is 0 Å². The van der Waals surface area contributed by atoms with E-state index >= 15 is 0 Å². The maximum Gasteiger partial charge on any atom is 0.406 e. The molecule has 2 aromatic heterocycles. The van der Waals surface area contributed by atoms with Gasteiger partial charge in [0.2, 0.25) is 5.71 Å². The number of hydrogen-bond donors (Lipinski definition) is 0. The second kappa shape index (κ2) is 8.59. The molecule has 0 unspecified atom stereocenters. The third-order valence-corrected chi connectivity index (χ3v) is 5.59. The van der Waals surface area contributed by atoms with Crippen molar-refractivity contribution < 1.29 is 22.4 Å². The number of fused-ring (bicyclic) bond motifs is 1. The van der Waals surface area contributed by atoms with Crippen LogP contribution < -0.4 is 0 Å². The van der Waals surface area contributed by atoms with Crippen LogP contribution in [0.15, 0.2) is 52.9 Å². The summed E-state index contributed by atoms with van der Waals surface area (Å²) in [7, 11) is 0. The van der Waals surface area contributed by atoms with E-state index < -0.39 is 18.6 Å². The highest BCUT2D eigenvalue weighted by atomic mass is 35.5. The third kappa shape index (κ3) is 4.61. The summed E-state index contributed by atoms with van der Waals surface area (Å²) in [5.41, 5.74) is 3.09. The first-order valence-electron chi connectivity index (χ1n) is 10.2. The summed E-state index contributed by atoms with van der Waals surface area (Å²) in [4.78, 5) is 14.1. The molecule has 1 amide bonds. The van der Waals surface area contributed by atoms with E-state index in [4.69, 9.17) is 16.0 Å². The van der Waals surface area contributed by atoms with Gasteiger partial charge in [0, 0.05) is 12.1 Å². The number of carbonyl (C=O) groups excluding carboxylic acids is 1. The molecule has 4 aromatic rings. The monoisotopic (exact) mass is 475 g/mol. The van der Waals surface area contributed by atoms with Gasteiger partial charge in [-0.3, -0.25) is 4.79 Å². The molecule has 0 saturated heterocycles. The third-order valence-electron chi connectivity index (χ3n) is 5.28. The lowest BCUT2D eigenvalue weighted by molar-refractivity contribution is -0.141. The summed E-state index contributed by atoms with van der Waals surface area (Å²) >= 11 is 6.43. The summed E-state index contributed by atoms with van der Waals surface area (Å²) in [5, 5.41) is 4.89. The quantitative estimate of drug-likeness (QED) is 0.336. The van der Waals surface area contributed by atoms with E-state index in [1.165, 1.54) is 4.52 Å². The van der Waals surface area contributed by atoms with Gasteiger partial charge in [0.1, 0.15) is 23.6 Å². The van der Waals surface area contributed by atoms with E-state index in [2.05, 4.69) is 5.10 Å². The molecule has 0 N–H and O–H groups in total. The number of rotatable bonds is 5. The minimum atomic E-state index is -4.57. The van der Waals surface area contributed by atoms with Gasteiger partial charge in [-0.15, -0.1) is 0 Å².